The second kappa shape index (κ2) is 10.6. The summed E-state index contributed by atoms with van der Waals surface area (Å²) in [7, 11) is 0. The van der Waals surface area contributed by atoms with Gasteiger partial charge < -0.3 is 10.1 Å². The smallest absolute Gasteiger partial charge is 0.269 e. The maximum absolute atomic E-state index is 12.3. The third kappa shape index (κ3) is 5.94. The van der Waals surface area contributed by atoms with Crippen LogP contribution >= 0.6 is 27.5 Å². The molecule has 0 aliphatic rings. The van der Waals surface area contributed by atoms with E-state index >= 15 is 0 Å². The molecule has 0 aliphatic carbocycles. The quantitative estimate of drug-likeness (QED) is 0.178. The van der Waals surface area contributed by atoms with Gasteiger partial charge in [-0.3, -0.25) is 14.9 Å². The topological polar surface area (TPSA) is 105 Å². The summed E-state index contributed by atoms with van der Waals surface area (Å²) < 4.78 is 6.43. The van der Waals surface area contributed by atoms with Crippen molar-refractivity contribution in [1.82, 2.24) is 0 Å². The molecule has 7 nitrogen and oxygen atoms in total. The van der Waals surface area contributed by atoms with E-state index < -0.39 is 10.8 Å². The van der Waals surface area contributed by atoms with Crippen LogP contribution in [0.5, 0.6) is 5.75 Å². The molecule has 3 rings (SSSR count). The Morgan fingerprint density at radius 3 is 2.56 bits per heavy atom. The molecule has 0 saturated carbocycles. The minimum absolute atomic E-state index is 0.0675. The van der Waals surface area contributed by atoms with E-state index in [0.717, 1.165) is 4.47 Å². The van der Waals surface area contributed by atoms with Gasteiger partial charge in [0, 0.05) is 22.2 Å². The maximum atomic E-state index is 12.3. The Morgan fingerprint density at radius 1 is 1.19 bits per heavy atom. The molecule has 0 heterocycles. The fourth-order valence-electron chi connectivity index (χ4n) is 2.75. The lowest BCUT2D eigenvalue weighted by molar-refractivity contribution is -0.384. The van der Waals surface area contributed by atoms with Crippen molar-refractivity contribution < 1.29 is 14.5 Å². The number of anilines is 1. The largest absolute Gasteiger partial charge is 0.483 e. The van der Waals surface area contributed by atoms with Crippen LogP contribution in [0.25, 0.3) is 11.6 Å². The summed E-state index contributed by atoms with van der Waals surface area (Å²) in [6, 6.07) is 19.8. The number of benzene rings is 3. The molecule has 32 heavy (non-hydrogen) atoms. The monoisotopic (exact) mass is 511 g/mol. The second-order valence-corrected chi connectivity index (χ2v) is 7.80. The molecule has 1 N–H and O–H groups in total. The first-order chi connectivity index (χ1) is 15.4. The third-order valence-electron chi connectivity index (χ3n) is 4.29. The van der Waals surface area contributed by atoms with E-state index in [2.05, 4.69) is 27.3 Å². The Labute approximate surface area is 197 Å². The van der Waals surface area contributed by atoms with Crippen LogP contribution in [0.3, 0.4) is 0 Å². The van der Waals surface area contributed by atoms with Crippen LogP contribution in [0.15, 0.2) is 71.2 Å². The Hall–Kier alpha value is -3.67. The molecule has 0 unspecified atom stereocenters. The van der Waals surface area contributed by atoms with Crippen molar-refractivity contribution in [1.29, 1.82) is 5.26 Å². The number of carbonyl (C=O) groups excluding carboxylic acids is 1. The summed E-state index contributed by atoms with van der Waals surface area (Å²) >= 11 is 9.44. The molecular formula is C23H15BrClN3O4. The van der Waals surface area contributed by atoms with Crippen LogP contribution in [-0.2, 0) is 4.79 Å². The average Bonchev–Trinajstić information content (AvgIpc) is 2.78. The van der Waals surface area contributed by atoms with E-state index in [9.17, 15) is 20.2 Å². The van der Waals surface area contributed by atoms with Crippen molar-refractivity contribution >= 4 is 56.5 Å². The van der Waals surface area contributed by atoms with Crippen molar-refractivity contribution in [2.45, 2.75) is 0 Å². The highest BCUT2D eigenvalue weighted by atomic mass is 79.9. The van der Waals surface area contributed by atoms with Crippen LogP contribution < -0.4 is 10.1 Å². The molecule has 0 spiro atoms. The number of nitro benzene ring substituents is 1. The molecule has 3 aromatic carbocycles. The lowest BCUT2D eigenvalue weighted by Crippen LogP contribution is -2.20. The number of nitriles is 1. The normalized spacial score (nSPS) is 10.8. The molecule has 0 bridgehead atoms. The average molecular weight is 513 g/mol. The zero-order valence-electron chi connectivity index (χ0n) is 16.4. The molecule has 0 aromatic heterocycles. The molecule has 0 atom stereocenters. The molecular weight excluding hydrogens is 498 g/mol. The SMILES string of the molecule is N#C/C(=C\c1cc(Br)ccc1OCC(=O)Nc1ccccc1Cl)c1ccc([N+](=O)[O-])cc1. The van der Waals surface area contributed by atoms with Crippen molar-refractivity contribution in [2.75, 3.05) is 11.9 Å². The Bertz CT molecular complexity index is 1240. The minimum atomic E-state index is -0.506. The maximum Gasteiger partial charge on any atom is 0.269 e. The van der Waals surface area contributed by atoms with Crippen molar-refractivity contribution in [2.24, 2.45) is 0 Å². The number of para-hydroxylation sites is 1. The minimum Gasteiger partial charge on any atom is -0.483 e. The standard InChI is InChI=1S/C23H15BrClN3O4/c24-18-7-10-22(32-14-23(29)27-21-4-2-1-3-20(21)25)16(12-18)11-17(13-26)15-5-8-19(9-6-15)28(30)31/h1-12H,14H2,(H,27,29)/b17-11+. The summed E-state index contributed by atoms with van der Waals surface area (Å²) in [5.74, 6) is -0.0102. The molecule has 1 amide bonds. The third-order valence-corrected chi connectivity index (χ3v) is 5.11. The van der Waals surface area contributed by atoms with Gasteiger partial charge in [0.05, 0.1) is 27.3 Å². The zero-order valence-corrected chi connectivity index (χ0v) is 18.8. The number of allylic oxidation sites excluding steroid dienone is 1. The molecule has 3 aromatic rings. The first kappa shape index (κ1) is 23.0. The Morgan fingerprint density at radius 2 is 1.91 bits per heavy atom. The fraction of sp³-hybridized carbons (Fsp3) is 0.0435. The fourth-order valence-corrected chi connectivity index (χ4v) is 3.32. The summed E-state index contributed by atoms with van der Waals surface area (Å²) in [5.41, 5.74) is 1.76. The summed E-state index contributed by atoms with van der Waals surface area (Å²) in [6.07, 6.45) is 1.59. The van der Waals surface area contributed by atoms with E-state index in [1.807, 2.05) is 0 Å². The number of ether oxygens (including phenoxy) is 1. The van der Waals surface area contributed by atoms with Crippen molar-refractivity contribution in [3.63, 3.8) is 0 Å². The molecule has 0 radical (unpaired) electrons. The van der Waals surface area contributed by atoms with Gasteiger partial charge in [-0.2, -0.15) is 5.26 Å². The first-order valence-electron chi connectivity index (χ1n) is 9.20. The number of halogens is 2. The Kier molecular flexibility index (Phi) is 7.60. The highest BCUT2D eigenvalue weighted by Gasteiger charge is 2.11. The highest BCUT2D eigenvalue weighted by Crippen LogP contribution is 2.29. The Balaban J connectivity index is 1.80. The van der Waals surface area contributed by atoms with E-state index in [1.165, 1.54) is 24.3 Å². The van der Waals surface area contributed by atoms with Crippen LogP contribution in [0.1, 0.15) is 11.1 Å². The number of amides is 1. The number of hydrogen-bond acceptors (Lipinski definition) is 5. The van der Waals surface area contributed by atoms with Crippen LogP contribution in [0.2, 0.25) is 5.02 Å². The first-order valence-corrected chi connectivity index (χ1v) is 10.4. The number of nitrogens with zero attached hydrogens (tertiary/aromatic N) is 2. The van der Waals surface area contributed by atoms with Gasteiger partial charge in [-0.25, -0.2) is 0 Å². The molecule has 160 valence electrons. The lowest BCUT2D eigenvalue weighted by Gasteiger charge is -2.11. The van der Waals surface area contributed by atoms with Gasteiger partial charge in [0.25, 0.3) is 11.6 Å². The number of hydrogen-bond donors (Lipinski definition) is 1. The summed E-state index contributed by atoms with van der Waals surface area (Å²) in [6.45, 7) is -0.271. The lowest BCUT2D eigenvalue weighted by atomic mass is 10.0. The van der Waals surface area contributed by atoms with E-state index in [0.29, 0.717) is 27.6 Å². The van der Waals surface area contributed by atoms with Crippen LogP contribution in [0, 0.1) is 21.4 Å². The number of nitro groups is 1. The summed E-state index contributed by atoms with van der Waals surface area (Å²) in [4.78, 5) is 22.6. The number of carbonyl (C=O) groups is 1. The van der Waals surface area contributed by atoms with Crippen molar-refractivity contribution in [3.8, 4) is 11.8 Å². The summed E-state index contributed by atoms with van der Waals surface area (Å²) in [5, 5.41) is 23.5. The number of nitrogens with one attached hydrogen (secondary N) is 1. The van der Waals surface area contributed by atoms with Gasteiger partial charge in [0.15, 0.2) is 6.61 Å². The molecule has 0 aliphatic heterocycles. The van der Waals surface area contributed by atoms with Crippen LogP contribution in [-0.4, -0.2) is 17.4 Å². The van der Waals surface area contributed by atoms with E-state index in [4.69, 9.17) is 16.3 Å². The van der Waals surface area contributed by atoms with Gasteiger partial charge in [-0.1, -0.05) is 39.7 Å². The van der Waals surface area contributed by atoms with E-state index in [1.54, 1.807) is 48.5 Å². The van der Waals surface area contributed by atoms with Gasteiger partial charge in [0.2, 0.25) is 0 Å². The van der Waals surface area contributed by atoms with Gasteiger partial charge in [-0.05, 0) is 54.1 Å². The zero-order chi connectivity index (χ0) is 23.1. The van der Waals surface area contributed by atoms with Crippen LogP contribution in [0.4, 0.5) is 11.4 Å². The molecule has 9 heteroatoms. The van der Waals surface area contributed by atoms with Gasteiger partial charge in [0.1, 0.15) is 5.75 Å². The van der Waals surface area contributed by atoms with E-state index in [-0.39, 0.29) is 17.9 Å². The number of rotatable bonds is 7. The second-order valence-electron chi connectivity index (χ2n) is 6.47. The number of non-ortho nitro benzene ring substituents is 1. The predicted molar refractivity (Wildman–Crippen MR) is 126 cm³/mol. The molecule has 0 saturated heterocycles. The van der Waals surface area contributed by atoms with Gasteiger partial charge >= 0.3 is 0 Å². The molecule has 0 fully saturated rings. The highest BCUT2D eigenvalue weighted by molar-refractivity contribution is 9.10. The van der Waals surface area contributed by atoms with Gasteiger partial charge in [-0.15, -0.1) is 0 Å². The predicted octanol–water partition coefficient (Wildman–Crippen LogP) is 6.09. The van der Waals surface area contributed by atoms with Crippen molar-refractivity contribution in [3.05, 3.63) is 97.5 Å².